The number of rotatable bonds is 5. The van der Waals surface area contributed by atoms with Gasteiger partial charge in [0.2, 0.25) is 5.91 Å². The van der Waals surface area contributed by atoms with Crippen molar-refractivity contribution in [1.29, 1.82) is 0 Å². The molecule has 0 aliphatic rings. The SMILES string of the molecule is COc1ccc(CC(=O)NC(C)c2ccco2)cc1F. The largest absolute Gasteiger partial charge is 0.494 e. The first-order valence-electron chi connectivity index (χ1n) is 6.25. The van der Waals surface area contributed by atoms with E-state index >= 15 is 0 Å². The maximum Gasteiger partial charge on any atom is 0.225 e. The zero-order valence-electron chi connectivity index (χ0n) is 11.4. The van der Waals surface area contributed by atoms with E-state index in [-0.39, 0.29) is 24.1 Å². The Labute approximate surface area is 116 Å². The van der Waals surface area contributed by atoms with Crippen LogP contribution >= 0.6 is 0 Å². The van der Waals surface area contributed by atoms with E-state index in [2.05, 4.69) is 5.32 Å². The Balaban J connectivity index is 1.96. The minimum atomic E-state index is -0.475. The topological polar surface area (TPSA) is 51.5 Å². The molecule has 5 heteroatoms. The zero-order valence-corrected chi connectivity index (χ0v) is 11.4. The second-order valence-electron chi connectivity index (χ2n) is 4.45. The number of methoxy groups -OCH3 is 1. The fourth-order valence-electron chi connectivity index (χ4n) is 1.91. The Bertz CT molecular complexity index is 581. The van der Waals surface area contributed by atoms with Crippen LogP contribution < -0.4 is 10.1 Å². The molecule has 0 radical (unpaired) electrons. The Morgan fingerprint density at radius 2 is 2.25 bits per heavy atom. The molecule has 0 bridgehead atoms. The van der Waals surface area contributed by atoms with Gasteiger partial charge in [-0.15, -0.1) is 0 Å². The smallest absolute Gasteiger partial charge is 0.225 e. The number of benzene rings is 1. The fourth-order valence-corrected chi connectivity index (χ4v) is 1.91. The van der Waals surface area contributed by atoms with Crippen LogP contribution in [0.25, 0.3) is 0 Å². The predicted octanol–water partition coefficient (Wildman–Crippen LogP) is 2.85. The summed E-state index contributed by atoms with van der Waals surface area (Å²) < 4.78 is 23.5. The van der Waals surface area contributed by atoms with Crippen molar-refractivity contribution in [2.45, 2.75) is 19.4 Å². The highest BCUT2D eigenvalue weighted by Crippen LogP contribution is 2.18. The van der Waals surface area contributed by atoms with E-state index in [9.17, 15) is 9.18 Å². The molecular formula is C15H16FNO3. The number of carbonyl (C=O) groups is 1. The summed E-state index contributed by atoms with van der Waals surface area (Å²) in [4.78, 5) is 11.9. The molecule has 0 aliphatic carbocycles. The number of halogens is 1. The molecule has 106 valence electrons. The molecule has 1 amide bonds. The number of ether oxygens (including phenoxy) is 1. The van der Waals surface area contributed by atoms with Crippen LogP contribution in [0.2, 0.25) is 0 Å². The van der Waals surface area contributed by atoms with Crippen molar-refractivity contribution in [2.24, 2.45) is 0 Å². The zero-order chi connectivity index (χ0) is 14.5. The molecule has 1 aromatic carbocycles. The van der Waals surface area contributed by atoms with Gasteiger partial charge < -0.3 is 14.5 Å². The predicted molar refractivity (Wildman–Crippen MR) is 71.9 cm³/mol. The van der Waals surface area contributed by atoms with E-state index in [1.807, 2.05) is 6.92 Å². The van der Waals surface area contributed by atoms with Crippen LogP contribution in [-0.2, 0) is 11.2 Å². The van der Waals surface area contributed by atoms with Crippen molar-refractivity contribution in [3.8, 4) is 5.75 Å². The van der Waals surface area contributed by atoms with Gasteiger partial charge in [0, 0.05) is 0 Å². The van der Waals surface area contributed by atoms with Crippen LogP contribution in [0, 0.1) is 5.82 Å². The number of nitrogens with one attached hydrogen (secondary N) is 1. The second-order valence-corrected chi connectivity index (χ2v) is 4.45. The molecule has 0 saturated heterocycles. The first kappa shape index (κ1) is 14.1. The lowest BCUT2D eigenvalue weighted by atomic mass is 10.1. The number of carbonyl (C=O) groups excluding carboxylic acids is 1. The Kier molecular flexibility index (Phi) is 4.40. The van der Waals surface area contributed by atoms with E-state index in [0.717, 1.165) is 0 Å². The molecule has 1 unspecified atom stereocenters. The molecule has 0 spiro atoms. The Morgan fingerprint density at radius 3 is 2.85 bits per heavy atom. The van der Waals surface area contributed by atoms with Crippen molar-refractivity contribution < 1.29 is 18.3 Å². The van der Waals surface area contributed by atoms with Crippen LogP contribution in [0.4, 0.5) is 4.39 Å². The average Bonchev–Trinajstić information content (AvgIpc) is 2.92. The first-order chi connectivity index (χ1) is 9.60. The fraction of sp³-hybridized carbons (Fsp3) is 0.267. The summed E-state index contributed by atoms with van der Waals surface area (Å²) in [6.45, 7) is 1.82. The quantitative estimate of drug-likeness (QED) is 0.914. The van der Waals surface area contributed by atoms with Crippen molar-refractivity contribution >= 4 is 5.91 Å². The standard InChI is InChI=1S/C15H16FNO3/c1-10(13-4-3-7-20-13)17-15(18)9-11-5-6-14(19-2)12(16)8-11/h3-8,10H,9H2,1-2H3,(H,17,18). The number of amides is 1. The molecule has 1 N–H and O–H groups in total. The molecule has 0 saturated carbocycles. The lowest BCUT2D eigenvalue weighted by Crippen LogP contribution is -2.27. The Morgan fingerprint density at radius 1 is 1.45 bits per heavy atom. The first-order valence-corrected chi connectivity index (χ1v) is 6.25. The van der Waals surface area contributed by atoms with Crippen molar-refractivity contribution in [3.05, 3.63) is 53.7 Å². The summed E-state index contributed by atoms with van der Waals surface area (Å²) in [7, 11) is 1.40. The second kappa shape index (κ2) is 6.23. The van der Waals surface area contributed by atoms with Crippen molar-refractivity contribution in [1.82, 2.24) is 5.32 Å². The van der Waals surface area contributed by atoms with E-state index < -0.39 is 5.82 Å². The molecule has 2 aromatic rings. The maximum absolute atomic E-state index is 13.5. The summed E-state index contributed by atoms with van der Waals surface area (Å²) in [5.74, 6) is 0.174. The van der Waals surface area contributed by atoms with Gasteiger partial charge in [-0.3, -0.25) is 4.79 Å². The van der Waals surface area contributed by atoms with E-state index in [1.165, 1.54) is 19.2 Å². The molecule has 20 heavy (non-hydrogen) atoms. The lowest BCUT2D eigenvalue weighted by molar-refractivity contribution is -0.121. The minimum Gasteiger partial charge on any atom is -0.494 e. The number of hydrogen-bond donors (Lipinski definition) is 1. The van der Waals surface area contributed by atoms with Gasteiger partial charge in [-0.25, -0.2) is 4.39 Å². The summed E-state index contributed by atoms with van der Waals surface area (Å²) >= 11 is 0. The maximum atomic E-state index is 13.5. The highest BCUT2D eigenvalue weighted by molar-refractivity contribution is 5.78. The average molecular weight is 277 g/mol. The van der Waals surface area contributed by atoms with Gasteiger partial charge in [0.15, 0.2) is 11.6 Å². The van der Waals surface area contributed by atoms with Crippen LogP contribution in [0.1, 0.15) is 24.3 Å². The third-order valence-corrected chi connectivity index (χ3v) is 2.93. The van der Waals surface area contributed by atoms with Gasteiger partial charge in [-0.2, -0.15) is 0 Å². The third kappa shape index (κ3) is 3.38. The molecule has 4 nitrogen and oxygen atoms in total. The van der Waals surface area contributed by atoms with Gasteiger partial charge in [-0.05, 0) is 36.8 Å². The molecule has 1 aromatic heterocycles. The van der Waals surface area contributed by atoms with Crippen LogP contribution in [0.5, 0.6) is 5.75 Å². The number of hydrogen-bond acceptors (Lipinski definition) is 3. The third-order valence-electron chi connectivity index (χ3n) is 2.93. The van der Waals surface area contributed by atoms with Crippen molar-refractivity contribution in [3.63, 3.8) is 0 Å². The van der Waals surface area contributed by atoms with Gasteiger partial charge in [0.25, 0.3) is 0 Å². The summed E-state index contributed by atoms with van der Waals surface area (Å²) in [6.07, 6.45) is 1.66. The minimum absolute atomic E-state index is 0.103. The Hall–Kier alpha value is -2.30. The van der Waals surface area contributed by atoms with Gasteiger partial charge in [0.1, 0.15) is 5.76 Å². The molecule has 2 rings (SSSR count). The van der Waals surface area contributed by atoms with E-state index in [0.29, 0.717) is 11.3 Å². The lowest BCUT2D eigenvalue weighted by Gasteiger charge is -2.11. The van der Waals surface area contributed by atoms with Crippen LogP contribution in [0.3, 0.4) is 0 Å². The normalized spacial score (nSPS) is 11.9. The van der Waals surface area contributed by atoms with Crippen molar-refractivity contribution in [2.75, 3.05) is 7.11 Å². The monoisotopic (exact) mass is 277 g/mol. The molecule has 1 atom stereocenters. The molecular weight excluding hydrogens is 261 g/mol. The number of furan rings is 1. The van der Waals surface area contributed by atoms with E-state index in [1.54, 1.807) is 24.5 Å². The van der Waals surface area contributed by atoms with Gasteiger partial charge >= 0.3 is 0 Å². The summed E-state index contributed by atoms with van der Waals surface area (Å²) in [6, 6.07) is 7.80. The summed E-state index contributed by atoms with van der Waals surface area (Å²) in [5.41, 5.74) is 0.590. The molecule has 1 heterocycles. The van der Waals surface area contributed by atoms with Crippen LogP contribution in [0.15, 0.2) is 41.0 Å². The van der Waals surface area contributed by atoms with E-state index in [4.69, 9.17) is 9.15 Å². The van der Waals surface area contributed by atoms with Crippen LogP contribution in [-0.4, -0.2) is 13.0 Å². The van der Waals surface area contributed by atoms with Gasteiger partial charge in [0.05, 0.1) is 25.8 Å². The van der Waals surface area contributed by atoms with Gasteiger partial charge in [-0.1, -0.05) is 6.07 Å². The highest BCUT2D eigenvalue weighted by atomic mass is 19.1. The molecule has 0 fully saturated rings. The highest BCUT2D eigenvalue weighted by Gasteiger charge is 2.13. The summed E-state index contributed by atoms with van der Waals surface area (Å²) in [5, 5.41) is 2.79. The molecule has 0 aliphatic heterocycles.